The van der Waals surface area contributed by atoms with E-state index in [0.29, 0.717) is 38.2 Å². The SMILES string of the molecule is CC[C@@H](C)n1c(=O)c(C)nc2c(-c3ccc(Cl)cc3Cl)ncnc21. The van der Waals surface area contributed by atoms with Crippen molar-refractivity contribution in [2.24, 2.45) is 0 Å². The summed E-state index contributed by atoms with van der Waals surface area (Å²) in [5.41, 5.74) is 2.62. The minimum atomic E-state index is -0.135. The molecular weight excluding hydrogens is 347 g/mol. The fourth-order valence-electron chi connectivity index (χ4n) is 2.60. The zero-order valence-electron chi connectivity index (χ0n) is 13.5. The van der Waals surface area contributed by atoms with Crippen molar-refractivity contribution in [3.63, 3.8) is 0 Å². The van der Waals surface area contributed by atoms with E-state index in [9.17, 15) is 4.79 Å². The monoisotopic (exact) mass is 362 g/mol. The van der Waals surface area contributed by atoms with Crippen LogP contribution in [0.2, 0.25) is 10.0 Å². The molecule has 24 heavy (non-hydrogen) atoms. The normalized spacial score (nSPS) is 12.5. The molecule has 0 spiro atoms. The van der Waals surface area contributed by atoms with Gasteiger partial charge in [-0.1, -0.05) is 30.1 Å². The molecule has 3 aromatic rings. The average Bonchev–Trinajstić information content (AvgIpc) is 2.55. The number of rotatable bonds is 3. The van der Waals surface area contributed by atoms with E-state index >= 15 is 0 Å². The maximum Gasteiger partial charge on any atom is 0.273 e. The molecule has 0 N–H and O–H groups in total. The summed E-state index contributed by atoms with van der Waals surface area (Å²) in [6, 6.07) is 5.20. The van der Waals surface area contributed by atoms with Crippen LogP contribution in [0.4, 0.5) is 0 Å². The summed E-state index contributed by atoms with van der Waals surface area (Å²) < 4.78 is 1.67. The molecule has 3 rings (SSSR count). The van der Waals surface area contributed by atoms with E-state index < -0.39 is 0 Å². The van der Waals surface area contributed by atoms with Crippen molar-refractivity contribution in [1.82, 2.24) is 19.5 Å². The van der Waals surface area contributed by atoms with E-state index in [0.717, 1.165) is 6.42 Å². The van der Waals surface area contributed by atoms with Crippen molar-refractivity contribution >= 4 is 34.4 Å². The molecule has 0 radical (unpaired) electrons. The number of hydrogen-bond acceptors (Lipinski definition) is 4. The second-order valence-electron chi connectivity index (χ2n) is 5.65. The lowest BCUT2D eigenvalue weighted by atomic mass is 10.1. The molecule has 124 valence electrons. The molecular formula is C17H16Cl2N4O. The van der Waals surface area contributed by atoms with E-state index in [4.69, 9.17) is 23.2 Å². The Kier molecular flexibility index (Phi) is 4.56. The molecule has 0 amide bonds. The number of hydrogen-bond donors (Lipinski definition) is 0. The lowest BCUT2D eigenvalue weighted by molar-refractivity contribution is 0.523. The van der Waals surface area contributed by atoms with Gasteiger partial charge in [-0.05, 0) is 38.5 Å². The molecule has 0 fully saturated rings. The molecule has 0 saturated carbocycles. The summed E-state index contributed by atoms with van der Waals surface area (Å²) in [5.74, 6) is 0. The van der Waals surface area contributed by atoms with E-state index in [2.05, 4.69) is 15.0 Å². The van der Waals surface area contributed by atoms with Gasteiger partial charge in [0, 0.05) is 16.6 Å². The lowest BCUT2D eigenvalue weighted by Crippen LogP contribution is -2.27. The average molecular weight is 363 g/mol. The molecule has 0 aliphatic rings. The Hall–Kier alpha value is -1.98. The molecule has 2 heterocycles. The van der Waals surface area contributed by atoms with Crippen LogP contribution < -0.4 is 5.56 Å². The molecule has 1 aromatic carbocycles. The maximum absolute atomic E-state index is 12.5. The highest BCUT2D eigenvalue weighted by Crippen LogP contribution is 2.32. The predicted octanol–water partition coefficient (Wildman–Crippen LogP) is 4.44. The van der Waals surface area contributed by atoms with Crippen LogP contribution in [0.25, 0.3) is 22.4 Å². The summed E-state index contributed by atoms with van der Waals surface area (Å²) in [5, 5.41) is 1.02. The van der Waals surface area contributed by atoms with Gasteiger partial charge in [-0.15, -0.1) is 0 Å². The van der Waals surface area contributed by atoms with E-state index in [1.807, 2.05) is 13.8 Å². The van der Waals surface area contributed by atoms with Gasteiger partial charge in [-0.25, -0.2) is 15.0 Å². The molecule has 0 unspecified atom stereocenters. The van der Waals surface area contributed by atoms with Gasteiger partial charge in [0.25, 0.3) is 5.56 Å². The molecule has 0 saturated heterocycles. The molecule has 0 aliphatic heterocycles. The highest BCUT2D eigenvalue weighted by molar-refractivity contribution is 6.36. The first-order valence-electron chi connectivity index (χ1n) is 7.63. The topological polar surface area (TPSA) is 60.7 Å². The largest absolute Gasteiger partial charge is 0.287 e. The minimum absolute atomic E-state index is 0.00476. The zero-order chi connectivity index (χ0) is 17.4. The predicted molar refractivity (Wildman–Crippen MR) is 96.8 cm³/mol. The van der Waals surface area contributed by atoms with Crippen LogP contribution in [0, 0.1) is 6.92 Å². The third-order valence-corrected chi connectivity index (χ3v) is 4.60. The van der Waals surface area contributed by atoms with Gasteiger partial charge in [0.15, 0.2) is 5.65 Å². The Bertz CT molecular complexity index is 984. The number of aromatic nitrogens is 4. The van der Waals surface area contributed by atoms with Gasteiger partial charge in [0.1, 0.15) is 23.2 Å². The molecule has 0 bridgehead atoms. The molecule has 2 aromatic heterocycles. The van der Waals surface area contributed by atoms with Gasteiger partial charge in [0.05, 0.1) is 5.02 Å². The highest BCUT2D eigenvalue weighted by atomic mass is 35.5. The van der Waals surface area contributed by atoms with Crippen molar-refractivity contribution in [2.75, 3.05) is 0 Å². The maximum atomic E-state index is 12.5. The molecule has 0 aliphatic carbocycles. The fourth-order valence-corrected chi connectivity index (χ4v) is 3.10. The van der Waals surface area contributed by atoms with Crippen LogP contribution in [0.15, 0.2) is 29.3 Å². The summed E-state index contributed by atoms with van der Waals surface area (Å²) in [4.78, 5) is 25.6. The van der Waals surface area contributed by atoms with Crippen molar-refractivity contribution in [3.8, 4) is 11.3 Å². The van der Waals surface area contributed by atoms with Crippen LogP contribution in [-0.4, -0.2) is 19.5 Å². The van der Waals surface area contributed by atoms with Crippen LogP contribution in [-0.2, 0) is 0 Å². The van der Waals surface area contributed by atoms with Crippen molar-refractivity contribution in [1.29, 1.82) is 0 Å². The standard InChI is InChI=1S/C17H16Cl2N4O/c1-4-9(2)23-16-15(22-10(3)17(23)24)14(20-8-21-16)12-6-5-11(18)7-13(12)19/h5-9H,4H2,1-3H3/t9-/m1/s1. The first-order chi connectivity index (χ1) is 11.4. The first kappa shape index (κ1) is 16.9. The molecule has 7 heteroatoms. The van der Waals surface area contributed by atoms with Gasteiger partial charge in [-0.3, -0.25) is 9.36 Å². The summed E-state index contributed by atoms with van der Waals surface area (Å²) >= 11 is 12.3. The zero-order valence-corrected chi connectivity index (χ0v) is 15.1. The highest BCUT2D eigenvalue weighted by Gasteiger charge is 2.18. The minimum Gasteiger partial charge on any atom is -0.287 e. The van der Waals surface area contributed by atoms with Gasteiger partial charge < -0.3 is 0 Å². The van der Waals surface area contributed by atoms with Crippen molar-refractivity contribution in [3.05, 3.63) is 50.6 Å². The number of aryl methyl sites for hydroxylation is 1. The third-order valence-electron chi connectivity index (χ3n) is 4.06. The molecule has 5 nitrogen and oxygen atoms in total. The summed E-state index contributed by atoms with van der Waals surface area (Å²) in [7, 11) is 0. The Morgan fingerprint density at radius 1 is 1.25 bits per heavy atom. The van der Waals surface area contributed by atoms with E-state index in [1.54, 1.807) is 29.7 Å². The third kappa shape index (κ3) is 2.78. The van der Waals surface area contributed by atoms with Crippen molar-refractivity contribution < 1.29 is 0 Å². The number of nitrogens with zero attached hydrogens (tertiary/aromatic N) is 4. The summed E-state index contributed by atoms with van der Waals surface area (Å²) in [6.07, 6.45) is 2.23. The quantitative estimate of drug-likeness (QED) is 0.690. The van der Waals surface area contributed by atoms with Crippen LogP contribution in [0.5, 0.6) is 0 Å². The van der Waals surface area contributed by atoms with Crippen LogP contribution >= 0.6 is 23.2 Å². The number of benzene rings is 1. The van der Waals surface area contributed by atoms with Crippen LogP contribution in [0.1, 0.15) is 32.0 Å². The first-order valence-corrected chi connectivity index (χ1v) is 8.38. The number of halogens is 2. The Morgan fingerprint density at radius 2 is 2.00 bits per heavy atom. The van der Waals surface area contributed by atoms with Gasteiger partial charge in [0.2, 0.25) is 0 Å². The Balaban J connectivity index is 2.40. The van der Waals surface area contributed by atoms with Crippen LogP contribution in [0.3, 0.4) is 0 Å². The Labute approximate surface area is 149 Å². The Morgan fingerprint density at radius 3 is 2.67 bits per heavy atom. The summed E-state index contributed by atoms with van der Waals surface area (Å²) in [6.45, 7) is 5.70. The molecule has 1 atom stereocenters. The fraction of sp³-hybridized carbons (Fsp3) is 0.294. The van der Waals surface area contributed by atoms with Gasteiger partial charge in [-0.2, -0.15) is 0 Å². The van der Waals surface area contributed by atoms with E-state index in [-0.39, 0.29) is 11.6 Å². The van der Waals surface area contributed by atoms with Crippen molar-refractivity contribution in [2.45, 2.75) is 33.2 Å². The van der Waals surface area contributed by atoms with Gasteiger partial charge >= 0.3 is 0 Å². The lowest BCUT2D eigenvalue weighted by Gasteiger charge is -2.17. The van der Waals surface area contributed by atoms with E-state index in [1.165, 1.54) is 6.33 Å². The second-order valence-corrected chi connectivity index (χ2v) is 6.49. The smallest absolute Gasteiger partial charge is 0.273 e. The number of fused-ring (bicyclic) bond motifs is 1. The second kappa shape index (κ2) is 6.49.